The minimum absolute atomic E-state index is 0.0961. The third kappa shape index (κ3) is 1.26. The Labute approximate surface area is 79.8 Å². The van der Waals surface area contributed by atoms with Crippen molar-refractivity contribution in [3.05, 3.63) is 36.2 Å². The first-order valence-electron chi connectivity index (χ1n) is 4.01. The first-order valence-corrected chi connectivity index (χ1v) is 4.01. The Bertz CT molecular complexity index is 462. The van der Waals surface area contributed by atoms with E-state index in [0.29, 0.717) is 17.4 Å². The van der Waals surface area contributed by atoms with Crippen molar-refractivity contribution in [2.45, 2.75) is 0 Å². The van der Waals surface area contributed by atoms with E-state index < -0.39 is 0 Å². The van der Waals surface area contributed by atoms with Crippen molar-refractivity contribution < 1.29 is 14.4 Å². The van der Waals surface area contributed by atoms with Gasteiger partial charge in [-0.1, -0.05) is 23.4 Å². The molecule has 0 atom stereocenters. The zero-order valence-electron chi connectivity index (χ0n) is 7.18. The standard InChI is InChI=1S/C10H7NO3/c12-6-10-8(5-11-14-10)7-3-1-2-4-9(7)13/h1-6,13H. The van der Waals surface area contributed by atoms with E-state index in [2.05, 4.69) is 5.16 Å². The first kappa shape index (κ1) is 8.50. The fraction of sp³-hybridized carbons (Fsp3) is 0. The number of aromatic hydroxyl groups is 1. The van der Waals surface area contributed by atoms with E-state index in [1.54, 1.807) is 18.2 Å². The Kier molecular flexibility index (Phi) is 2.02. The topological polar surface area (TPSA) is 63.3 Å². The predicted octanol–water partition coefficient (Wildman–Crippen LogP) is 1.86. The van der Waals surface area contributed by atoms with E-state index >= 15 is 0 Å². The lowest BCUT2D eigenvalue weighted by atomic mass is 10.1. The van der Waals surface area contributed by atoms with Gasteiger partial charge < -0.3 is 9.63 Å². The van der Waals surface area contributed by atoms with Crippen molar-refractivity contribution in [1.29, 1.82) is 0 Å². The van der Waals surface area contributed by atoms with Crippen molar-refractivity contribution in [1.82, 2.24) is 5.16 Å². The molecule has 14 heavy (non-hydrogen) atoms. The highest BCUT2D eigenvalue weighted by molar-refractivity contribution is 5.85. The molecule has 0 bridgehead atoms. The van der Waals surface area contributed by atoms with Gasteiger partial charge in [-0.15, -0.1) is 0 Å². The number of benzene rings is 1. The van der Waals surface area contributed by atoms with Crippen LogP contribution in [0.3, 0.4) is 0 Å². The lowest BCUT2D eigenvalue weighted by Gasteiger charge is -1.99. The summed E-state index contributed by atoms with van der Waals surface area (Å²) in [4.78, 5) is 10.6. The molecule has 0 unspecified atom stereocenters. The molecule has 1 aromatic carbocycles. The van der Waals surface area contributed by atoms with Gasteiger partial charge in [-0.3, -0.25) is 4.79 Å². The van der Waals surface area contributed by atoms with Crippen molar-refractivity contribution in [3.63, 3.8) is 0 Å². The van der Waals surface area contributed by atoms with Crippen LogP contribution in [0.5, 0.6) is 5.75 Å². The second-order valence-electron chi connectivity index (χ2n) is 2.74. The molecule has 4 heteroatoms. The number of carbonyl (C=O) groups excluding carboxylic acids is 1. The van der Waals surface area contributed by atoms with Gasteiger partial charge >= 0.3 is 0 Å². The highest BCUT2D eigenvalue weighted by Gasteiger charge is 2.11. The molecule has 0 amide bonds. The zero-order chi connectivity index (χ0) is 9.97. The minimum Gasteiger partial charge on any atom is -0.507 e. The SMILES string of the molecule is O=Cc1oncc1-c1ccccc1O. The summed E-state index contributed by atoms with van der Waals surface area (Å²) in [5.41, 5.74) is 1.04. The van der Waals surface area contributed by atoms with Gasteiger partial charge in [0.15, 0.2) is 6.29 Å². The first-order chi connectivity index (χ1) is 6.83. The Balaban J connectivity index is 2.60. The maximum atomic E-state index is 10.6. The van der Waals surface area contributed by atoms with Crippen LogP contribution in [0.15, 0.2) is 35.0 Å². The summed E-state index contributed by atoms with van der Waals surface area (Å²) in [7, 11) is 0. The van der Waals surface area contributed by atoms with Crippen LogP contribution < -0.4 is 0 Å². The number of para-hydroxylation sites is 1. The molecular weight excluding hydrogens is 182 g/mol. The molecule has 0 aliphatic rings. The zero-order valence-corrected chi connectivity index (χ0v) is 7.18. The van der Waals surface area contributed by atoms with E-state index in [4.69, 9.17) is 4.52 Å². The quantitative estimate of drug-likeness (QED) is 0.732. The minimum atomic E-state index is 0.0961. The Morgan fingerprint density at radius 2 is 2.07 bits per heavy atom. The number of aromatic nitrogens is 1. The molecule has 0 aliphatic heterocycles. The molecule has 0 fully saturated rings. The highest BCUT2D eigenvalue weighted by Crippen LogP contribution is 2.30. The van der Waals surface area contributed by atoms with Crippen molar-refractivity contribution in [3.8, 4) is 16.9 Å². The maximum absolute atomic E-state index is 10.6. The Morgan fingerprint density at radius 1 is 1.29 bits per heavy atom. The molecule has 70 valence electrons. The molecule has 2 rings (SSSR count). The largest absolute Gasteiger partial charge is 0.507 e. The molecular formula is C10H7NO3. The van der Waals surface area contributed by atoms with Crippen molar-refractivity contribution in [2.75, 3.05) is 0 Å². The van der Waals surface area contributed by atoms with Gasteiger partial charge in [-0.25, -0.2) is 0 Å². The predicted molar refractivity (Wildman–Crippen MR) is 49.0 cm³/mol. The third-order valence-electron chi connectivity index (χ3n) is 1.90. The van der Waals surface area contributed by atoms with Crippen LogP contribution in [0.25, 0.3) is 11.1 Å². The van der Waals surface area contributed by atoms with E-state index in [0.717, 1.165) is 0 Å². The van der Waals surface area contributed by atoms with Crippen molar-refractivity contribution >= 4 is 6.29 Å². The van der Waals surface area contributed by atoms with Gasteiger partial charge in [0.2, 0.25) is 5.76 Å². The van der Waals surface area contributed by atoms with Crippen LogP contribution in [-0.2, 0) is 0 Å². The molecule has 0 radical (unpaired) electrons. The van der Waals surface area contributed by atoms with Gasteiger partial charge in [0.1, 0.15) is 5.75 Å². The molecule has 0 saturated heterocycles. The lowest BCUT2D eigenvalue weighted by Crippen LogP contribution is -1.81. The third-order valence-corrected chi connectivity index (χ3v) is 1.90. The van der Waals surface area contributed by atoms with Crippen LogP contribution in [-0.4, -0.2) is 16.5 Å². The molecule has 2 aromatic rings. The normalized spacial score (nSPS) is 10.0. The lowest BCUT2D eigenvalue weighted by molar-refractivity contribution is 0.109. The number of hydrogen-bond acceptors (Lipinski definition) is 4. The highest BCUT2D eigenvalue weighted by atomic mass is 16.5. The molecule has 1 N–H and O–H groups in total. The van der Waals surface area contributed by atoms with Crippen LogP contribution in [0.4, 0.5) is 0 Å². The number of rotatable bonds is 2. The van der Waals surface area contributed by atoms with Crippen LogP contribution >= 0.6 is 0 Å². The number of phenols is 1. The molecule has 0 spiro atoms. The molecule has 1 heterocycles. The second-order valence-corrected chi connectivity index (χ2v) is 2.74. The van der Waals surface area contributed by atoms with Gasteiger partial charge in [0.25, 0.3) is 0 Å². The summed E-state index contributed by atoms with van der Waals surface area (Å²) in [6.07, 6.45) is 1.97. The van der Waals surface area contributed by atoms with Crippen LogP contribution in [0, 0.1) is 0 Å². The summed E-state index contributed by atoms with van der Waals surface area (Å²) in [6, 6.07) is 6.69. The number of aldehydes is 1. The van der Waals surface area contributed by atoms with Gasteiger partial charge in [0.05, 0.1) is 11.8 Å². The van der Waals surface area contributed by atoms with Crippen molar-refractivity contribution in [2.24, 2.45) is 0 Å². The van der Waals surface area contributed by atoms with E-state index in [-0.39, 0.29) is 11.5 Å². The van der Waals surface area contributed by atoms with Gasteiger partial charge in [-0.05, 0) is 6.07 Å². The Hall–Kier alpha value is -2.10. The smallest absolute Gasteiger partial charge is 0.207 e. The average molecular weight is 189 g/mol. The summed E-state index contributed by atoms with van der Waals surface area (Å²) in [5.74, 6) is 0.213. The fourth-order valence-electron chi connectivity index (χ4n) is 1.24. The summed E-state index contributed by atoms with van der Waals surface area (Å²) in [5, 5.41) is 13.0. The monoisotopic (exact) mass is 189 g/mol. The Morgan fingerprint density at radius 3 is 2.79 bits per heavy atom. The van der Waals surface area contributed by atoms with Gasteiger partial charge in [0, 0.05) is 5.56 Å². The number of carbonyl (C=O) groups is 1. The fourth-order valence-corrected chi connectivity index (χ4v) is 1.24. The number of phenolic OH excluding ortho intramolecular Hbond substituents is 1. The maximum Gasteiger partial charge on any atom is 0.207 e. The van der Waals surface area contributed by atoms with E-state index in [1.807, 2.05) is 0 Å². The van der Waals surface area contributed by atoms with E-state index in [1.165, 1.54) is 12.3 Å². The summed E-state index contributed by atoms with van der Waals surface area (Å²) < 4.78 is 4.69. The average Bonchev–Trinajstić information content (AvgIpc) is 2.66. The summed E-state index contributed by atoms with van der Waals surface area (Å²) in [6.45, 7) is 0. The molecule has 4 nitrogen and oxygen atoms in total. The number of hydrogen-bond donors (Lipinski definition) is 1. The number of nitrogens with zero attached hydrogens (tertiary/aromatic N) is 1. The molecule has 1 aromatic heterocycles. The van der Waals surface area contributed by atoms with Crippen LogP contribution in [0.1, 0.15) is 10.6 Å². The van der Waals surface area contributed by atoms with Gasteiger partial charge in [-0.2, -0.15) is 0 Å². The van der Waals surface area contributed by atoms with E-state index in [9.17, 15) is 9.90 Å². The van der Waals surface area contributed by atoms with Crippen LogP contribution in [0.2, 0.25) is 0 Å². The summed E-state index contributed by atoms with van der Waals surface area (Å²) >= 11 is 0. The molecule has 0 aliphatic carbocycles. The molecule has 0 saturated carbocycles. The second kappa shape index (κ2) is 3.33.